The number of amides is 1. The number of anilines is 5. The maximum atomic E-state index is 13.6. The predicted molar refractivity (Wildman–Crippen MR) is 150 cm³/mol. The van der Waals surface area contributed by atoms with Gasteiger partial charge in [-0.2, -0.15) is 4.98 Å². The van der Waals surface area contributed by atoms with Crippen LogP contribution in [0.15, 0.2) is 47.6 Å². The van der Waals surface area contributed by atoms with E-state index in [1.54, 1.807) is 18.2 Å². The van der Waals surface area contributed by atoms with Crippen LogP contribution in [0.3, 0.4) is 0 Å². The Morgan fingerprint density at radius 3 is 2.76 bits per heavy atom. The lowest BCUT2D eigenvalue weighted by Gasteiger charge is -2.37. The number of carbonyl (C=O) groups excluding carboxylic acids is 1. The number of halogens is 2. The molecule has 196 valence electrons. The van der Waals surface area contributed by atoms with Crippen LogP contribution in [0.5, 0.6) is 0 Å². The van der Waals surface area contributed by atoms with Gasteiger partial charge in [-0.1, -0.05) is 29.3 Å². The average molecular weight is 553 g/mol. The summed E-state index contributed by atoms with van der Waals surface area (Å²) in [6, 6.07) is 11.3. The van der Waals surface area contributed by atoms with Crippen LogP contribution < -0.4 is 25.3 Å². The molecule has 10 nitrogen and oxygen atoms in total. The van der Waals surface area contributed by atoms with Gasteiger partial charge in [-0.15, -0.1) is 0 Å². The number of rotatable bonds is 5. The minimum atomic E-state index is -0.351. The average Bonchev–Trinajstić information content (AvgIpc) is 3.40. The molecule has 1 aromatic heterocycles. The minimum absolute atomic E-state index is 0.0882. The first-order valence-corrected chi connectivity index (χ1v) is 13.2. The molecule has 3 N–H and O–H groups in total. The summed E-state index contributed by atoms with van der Waals surface area (Å²) < 4.78 is 0. The van der Waals surface area contributed by atoms with Crippen LogP contribution in [0.25, 0.3) is 0 Å². The second-order valence-corrected chi connectivity index (χ2v) is 10.2. The van der Waals surface area contributed by atoms with E-state index in [9.17, 15) is 9.90 Å². The summed E-state index contributed by atoms with van der Waals surface area (Å²) in [5.41, 5.74) is 3.28. The molecule has 3 aromatic rings. The van der Waals surface area contributed by atoms with E-state index >= 15 is 0 Å². The van der Waals surface area contributed by atoms with E-state index in [2.05, 4.69) is 37.4 Å². The third-order valence-electron chi connectivity index (χ3n) is 6.95. The Morgan fingerprint density at radius 2 is 2.00 bits per heavy atom. The van der Waals surface area contributed by atoms with Crippen molar-refractivity contribution in [1.29, 1.82) is 0 Å². The summed E-state index contributed by atoms with van der Waals surface area (Å²) in [5, 5.41) is 17.4. The van der Waals surface area contributed by atoms with E-state index in [1.165, 1.54) is 11.1 Å². The molecule has 0 aliphatic carbocycles. The lowest BCUT2D eigenvalue weighted by Crippen LogP contribution is -2.51. The van der Waals surface area contributed by atoms with E-state index in [0.29, 0.717) is 58.2 Å². The Kier molecular flexibility index (Phi) is 6.56. The maximum absolute atomic E-state index is 13.6. The number of nitrogens with one attached hydrogen (secondary N) is 2. The molecule has 1 saturated heterocycles. The third kappa shape index (κ3) is 4.23. The molecule has 1 unspecified atom stereocenters. The number of piperazine rings is 1. The Hall–Kier alpha value is -3.44. The molecule has 0 radical (unpaired) electrons. The van der Waals surface area contributed by atoms with Crippen molar-refractivity contribution in [2.45, 2.75) is 19.6 Å². The van der Waals surface area contributed by atoms with Gasteiger partial charge in [-0.05, 0) is 37.3 Å². The van der Waals surface area contributed by atoms with Gasteiger partial charge in [0.25, 0.3) is 5.91 Å². The highest BCUT2D eigenvalue weighted by Crippen LogP contribution is 2.39. The Labute approximate surface area is 229 Å². The Morgan fingerprint density at radius 1 is 1.18 bits per heavy atom. The zero-order valence-corrected chi connectivity index (χ0v) is 22.2. The van der Waals surface area contributed by atoms with Crippen LogP contribution in [-0.4, -0.2) is 65.7 Å². The van der Waals surface area contributed by atoms with Crippen LogP contribution >= 0.6 is 23.2 Å². The number of fused-ring (bicyclic) bond motifs is 3. The first kappa shape index (κ1) is 24.9. The molecule has 3 aliphatic rings. The summed E-state index contributed by atoms with van der Waals surface area (Å²) >= 11 is 12.9. The maximum Gasteiger partial charge on any atom is 0.270 e. The largest absolute Gasteiger partial charge is 0.392 e. The highest BCUT2D eigenvalue weighted by Gasteiger charge is 2.41. The smallest absolute Gasteiger partial charge is 0.270 e. The van der Waals surface area contributed by atoms with Crippen molar-refractivity contribution >= 4 is 63.9 Å². The third-order valence-corrected chi connectivity index (χ3v) is 7.56. The van der Waals surface area contributed by atoms with E-state index < -0.39 is 0 Å². The van der Waals surface area contributed by atoms with Crippen LogP contribution in [0.2, 0.25) is 10.0 Å². The summed E-state index contributed by atoms with van der Waals surface area (Å²) in [7, 11) is 0. The van der Waals surface area contributed by atoms with Gasteiger partial charge in [-0.25, -0.2) is 9.88 Å². The van der Waals surface area contributed by atoms with Crippen molar-refractivity contribution in [3.05, 3.63) is 63.8 Å². The summed E-state index contributed by atoms with van der Waals surface area (Å²) in [5.74, 6) is 0.880. The van der Waals surface area contributed by atoms with Gasteiger partial charge in [0.2, 0.25) is 11.9 Å². The molecule has 1 atom stereocenters. The quantitative estimate of drug-likeness (QED) is 0.440. The minimum Gasteiger partial charge on any atom is -0.392 e. The van der Waals surface area contributed by atoms with Gasteiger partial charge in [0.1, 0.15) is 5.56 Å². The van der Waals surface area contributed by atoms with Gasteiger partial charge in [0.15, 0.2) is 5.82 Å². The number of benzene rings is 2. The second kappa shape index (κ2) is 10.0. The van der Waals surface area contributed by atoms with Crippen molar-refractivity contribution in [3.8, 4) is 0 Å². The monoisotopic (exact) mass is 552 g/mol. The molecule has 3 aliphatic heterocycles. The van der Waals surface area contributed by atoms with Crippen LogP contribution in [0, 0.1) is 0 Å². The first-order valence-electron chi connectivity index (χ1n) is 12.4. The number of aliphatic imine (C=N–C) groups is 1. The number of hydrogen-bond donors (Lipinski definition) is 3. The van der Waals surface area contributed by atoms with Gasteiger partial charge >= 0.3 is 0 Å². The van der Waals surface area contributed by atoms with Crippen LogP contribution in [0.1, 0.15) is 22.8 Å². The lowest BCUT2D eigenvalue weighted by atomic mass is 10.1. The Balaban J connectivity index is 1.31. The summed E-state index contributed by atoms with van der Waals surface area (Å²) in [6.45, 7) is 5.80. The molecule has 4 heterocycles. The molecular weight excluding hydrogens is 527 g/mol. The van der Waals surface area contributed by atoms with Crippen LogP contribution in [0.4, 0.5) is 28.8 Å². The molecule has 1 amide bonds. The number of para-hydroxylation sites is 1. The molecule has 2 aromatic carbocycles. The van der Waals surface area contributed by atoms with Gasteiger partial charge in [-0.3, -0.25) is 14.7 Å². The molecule has 12 heteroatoms. The highest BCUT2D eigenvalue weighted by molar-refractivity contribution is 6.43. The fourth-order valence-electron chi connectivity index (χ4n) is 5.13. The SMILES string of the molecule is CC1CNCCN1c1ccc(Nc2ncc3c(n2)N2CCN=C2N(c2c(Cl)cccc2Cl)C3=O)cc1CO. The number of aliphatic hydroxyl groups excluding tert-OH is 1. The van der Waals surface area contributed by atoms with Crippen molar-refractivity contribution in [2.75, 3.05) is 52.7 Å². The summed E-state index contributed by atoms with van der Waals surface area (Å²) in [6.07, 6.45) is 1.50. The van der Waals surface area contributed by atoms with Crippen molar-refractivity contribution < 1.29 is 9.90 Å². The lowest BCUT2D eigenvalue weighted by molar-refractivity contribution is 0.1000. The number of carbonyl (C=O) groups is 1. The van der Waals surface area contributed by atoms with Crippen molar-refractivity contribution in [1.82, 2.24) is 15.3 Å². The first-order chi connectivity index (χ1) is 18.5. The number of hydrogen-bond acceptors (Lipinski definition) is 9. The second-order valence-electron chi connectivity index (χ2n) is 9.35. The normalized spacial score (nSPS) is 18.8. The molecule has 0 bridgehead atoms. The predicted octanol–water partition coefficient (Wildman–Crippen LogP) is 3.65. The topological polar surface area (TPSA) is 109 Å². The standard InChI is InChI=1S/C26H26Cl2N8O2/c1-15-12-29-7-9-34(15)21-6-5-17(11-16(21)14-37)32-25-31-13-18-23(33-25)35-10-8-30-26(35)36(24(18)38)22-19(27)3-2-4-20(22)28/h2-6,11,13,15,29,37H,7-10,12,14H2,1H3,(H,31,32,33). The van der Waals surface area contributed by atoms with E-state index in [-0.39, 0.29) is 12.5 Å². The van der Waals surface area contributed by atoms with Gasteiger partial charge in [0.05, 0.1) is 28.9 Å². The number of aliphatic hydroxyl groups is 1. The Bertz CT molecular complexity index is 1430. The molecule has 38 heavy (non-hydrogen) atoms. The van der Waals surface area contributed by atoms with Gasteiger partial charge < -0.3 is 20.6 Å². The van der Waals surface area contributed by atoms with Crippen molar-refractivity contribution in [3.63, 3.8) is 0 Å². The van der Waals surface area contributed by atoms with E-state index in [4.69, 9.17) is 23.2 Å². The van der Waals surface area contributed by atoms with Gasteiger partial charge in [0, 0.05) is 55.4 Å². The number of nitrogens with zero attached hydrogens (tertiary/aromatic N) is 6. The van der Waals surface area contributed by atoms with E-state index in [0.717, 1.165) is 36.6 Å². The van der Waals surface area contributed by atoms with E-state index in [1.807, 2.05) is 23.1 Å². The summed E-state index contributed by atoms with van der Waals surface area (Å²) in [4.78, 5) is 32.9. The number of aromatic nitrogens is 2. The highest BCUT2D eigenvalue weighted by atomic mass is 35.5. The fourth-order valence-corrected chi connectivity index (χ4v) is 5.70. The number of guanidine groups is 1. The van der Waals surface area contributed by atoms with Crippen LogP contribution in [-0.2, 0) is 6.61 Å². The fraction of sp³-hybridized carbons (Fsp3) is 0.308. The molecule has 6 rings (SSSR count). The van der Waals surface area contributed by atoms with Crippen molar-refractivity contribution in [2.24, 2.45) is 4.99 Å². The zero-order chi connectivity index (χ0) is 26.4. The zero-order valence-electron chi connectivity index (χ0n) is 20.7. The molecular formula is C26H26Cl2N8O2. The molecule has 0 saturated carbocycles. The molecule has 0 spiro atoms. The molecule has 1 fully saturated rings.